The lowest BCUT2D eigenvalue weighted by Gasteiger charge is -2.04. The van der Waals surface area contributed by atoms with Crippen molar-refractivity contribution in [2.45, 2.75) is 6.42 Å². The monoisotopic (exact) mass is 343 g/mol. The smallest absolute Gasteiger partial charge is 0.169 e. The summed E-state index contributed by atoms with van der Waals surface area (Å²) in [5.41, 5.74) is 2.61. The number of hydrogen-bond acceptors (Lipinski definition) is 2. The molecule has 0 radical (unpaired) electrons. The van der Waals surface area contributed by atoms with Gasteiger partial charge in [-0.05, 0) is 29.8 Å². The molecule has 1 heterocycles. The third kappa shape index (κ3) is 2.72. The first-order valence-corrected chi connectivity index (χ1v) is 7.40. The number of hydrogen-bond donors (Lipinski definition) is 1. The van der Waals surface area contributed by atoms with Crippen LogP contribution in [0.2, 0.25) is 0 Å². The first-order valence-electron chi connectivity index (χ1n) is 6.61. The van der Waals surface area contributed by atoms with Gasteiger partial charge < -0.3 is 9.72 Å². The second-order valence-corrected chi connectivity index (χ2v) is 5.67. The molecule has 0 aliphatic heterocycles. The number of fused-ring (bicyclic) bond motifs is 1. The highest BCUT2D eigenvalue weighted by atomic mass is 79.9. The molecular weight excluding hydrogens is 330 g/mol. The summed E-state index contributed by atoms with van der Waals surface area (Å²) in [4.78, 5) is 15.7. The van der Waals surface area contributed by atoms with Gasteiger partial charge in [0.05, 0.1) is 7.11 Å². The minimum absolute atomic E-state index is 0.0846. The number of carbonyl (C=O) groups excluding carboxylic acids is 1. The van der Waals surface area contributed by atoms with E-state index in [1.54, 1.807) is 13.3 Å². The Morgan fingerprint density at radius 3 is 2.86 bits per heavy atom. The molecule has 3 aromatic rings. The van der Waals surface area contributed by atoms with Crippen LogP contribution in [0, 0.1) is 0 Å². The van der Waals surface area contributed by atoms with Gasteiger partial charge in [-0.1, -0.05) is 34.1 Å². The fourth-order valence-corrected chi connectivity index (χ4v) is 3.00. The topological polar surface area (TPSA) is 42.1 Å². The van der Waals surface area contributed by atoms with E-state index in [4.69, 9.17) is 4.74 Å². The maximum atomic E-state index is 12.6. The highest BCUT2D eigenvalue weighted by Crippen LogP contribution is 2.28. The average Bonchev–Trinajstić information content (AvgIpc) is 2.93. The van der Waals surface area contributed by atoms with Gasteiger partial charge >= 0.3 is 0 Å². The molecule has 0 unspecified atom stereocenters. The summed E-state index contributed by atoms with van der Waals surface area (Å²) in [5, 5.41) is 0.936. The third-order valence-corrected chi connectivity index (χ3v) is 4.12. The average molecular weight is 344 g/mol. The first-order chi connectivity index (χ1) is 10.2. The number of ketones is 1. The number of H-pyrrole nitrogens is 1. The van der Waals surface area contributed by atoms with Crippen molar-refractivity contribution >= 4 is 32.6 Å². The highest BCUT2D eigenvalue weighted by molar-refractivity contribution is 9.10. The Labute approximate surface area is 131 Å². The van der Waals surface area contributed by atoms with Crippen molar-refractivity contribution in [2.75, 3.05) is 7.11 Å². The molecule has 4 heteroatoms. The van der Waals surface area contributed by atoms with Crippen LogP contribution in [-0.2, 0) is 6.42 Å². The molecule has 21 heavy (non-hydrogen) atoms. The van der Waals surface area contributed by atoms with Crippen molar-refractivity contribution in [3.8, 4) is 5.75 Å². The van der Waals surface area contributed by atoms with Gasteiger partial charge in [0.1, 0.15) is 5.75 Å². The quantitative estimate of drug-likeness (QED) is 0.715. The van der Waals surface area contributed by atoms with Gasteiger partial charge in [-0.3, -0.25) is 4.79 Å². The zero-order valence-corrected chi connectivity index (χ0v) is 13.1. The fourth-order valence-electron chi connectivity index (χ4n) is 2.42. The van der Waals surface area contributed by atoms with E-state index in [-0.39, 0.29) is 5.78 Å². The number of aromatic nitrogens is 1. The van der Waals surface area contributed by atoms with E-state index in [0.29, 0.717) is 12.0 Å². The lowest BCUT2D eigenvalue weighted by Crippen LogP contribution is -2.03. The standard InChI is InChI=1S/C17H14BrNO2/c1-21-12-5-2-4-11(8-12)9-16(20)13-10-19-15-7-3-6-14(18)17(13)15/h2-8,10,19H,9H2,1H3. The summed E-state index contributed by atoms with van der Waals surface area (Å²) in [5.74, 6) is 0.849. The minimum Gasteiger partial charge on any atom is -0.497 e. The van der Waals surface area contributed by atoms with Gasteiger partial charge in [0.2, 0.25) is 0 Å². The molecule has 3 nitrogen and oxygen atoms in total. The predicted molar refractivity (Wildman–Crippen MR) is 87.0 cm³/mol. The number of Topliss-reactive ketones (excluding diaryl/α,β-unsaturated/α-hetero) is 1. The Kier molecular flexibility index (Phi) is 3.80. The Morgan fingerprint density at radius 1 is 1.24 bits per heavy atom. The molecule has 0 atom stereocenters. The SMILES string of the molecule is COc1cccc(CC(=O)c2c[nH]c3cccc(Br)c23)c1. The number of nitrogens with one attached hydrogen (secondary N) is 1. The van der Waals surface area contributed by atoms with Crippen molar-refractivity contribution in [1.82, 2.24) is 4.98 Å². The van der Waals surface area contributed by atoms with E-state index >= 15 is 0 Å². The van der Waals surface area contributed by atoms with E-state index < -0.39 is 0 Å². The van der Waals surface area contributed by atoms with Crippen LogP contribution < -0.4 is 4.74 Å². The molecule has 106 valence electrons. The lowest BCUT2D eigenvalue weighted by atomic mass is 10.0. The summed E-state index contributed by atoms with van der Waals surface area (Å²) in [6, 6.07) is 13.4. The molecule has 0 spiro atoms. The summed E-state index contributed by atoms with van der Waals surface area (Å²) in [7, 11) is 1.62. The predicted octanol–water partition coefficient (Wildman–Crippen LogP) is 4.36. The van der Waals surface area contributed by atoms with Crippen LogP contribution in [-0.4, -0.2) is 17.9 Å². The lowest BCUT2D eigenvalue weighted by molar-refractivity contribution is 0.0994. The van der Waals surface area contributed by atoms with E-state index in [9.17, 15) is 4.79 Å². The zero-order chi connectivity index (χ0) is 14.8. The number of halogens is 1. The zero-order valence-electron chi connectivity index (χ0n) is 11.5. The molecule has 0 amide bonds. The van der Waals surface area contributed by atoms with Crippen molar-refractivity contribution in [2.24, 2.45) is 0 Å². The van der Waals surface area contributed by atoms with Gasteiger partial charge in [-0.25, -0.2) is 0 Å². The summed E-state index contributed by atoms with van der Waals surface area (Å²) < 4.78 is 6.12. The number of ether oxygens (including phenoxy) is 1. The van der Waals surface area contributed by atoms with Crippen LogP contribution in [0.1, 0.15) is 15.9 Å². The molecule has 0 saturated heterocycles. The summed E-state index contributed by atoms with van der Waals surface area (Å²) in [6.45, 7) is 0. The molecular formula is C17H14BrNO2. The normalized spacial score (nSPS) is 10.8. The van der Waals surface area contributed by atoms with Gasteiger partial charge in [-0.15, -0.1) is 0 Å². The molecule has 3 rings (SSSR count). The van der Waals surface area contributed by atoms with Crippen LogP contribution >= 0.6 is 15.9 Å². The number of rotatable bonds is 4. The number of aromatic amines is 1. The van der Waals surface area contributed by atoms with Crippen LogP contribution in [0.15, 0.2) is 53.1 Å². The molecule has 2 aromatic carbocycles. The first kappa shape index (κ1) is 13.9. The molecule has 1 aromatic heterocycles. The minimum atomic E-state index is 0.0846. The molecule has 0 fully saturated rings. The Balaban J connectivity index is 1.94. The van der Waals surface area contributed by atoms with Crippen molar-refractivity contribution in [3.63, 3.8) is 0 Å². The van der Waals surface area contributed by atoms with E-state index in [2.05, 4.69) is 20.9 Å². The van der Waals surface area contributed by atoms with Crippen LogP contribution in [0.3, 0.4) is 0 Å². The van der Waals surface area contributed by atoms with Gasteiger partial charge in [0.25, 0.3) is 0 Å². The third-order valence-electron chi connectivity index (χ3n) is 3.45. The van der Waals surface area contributed by atoms with Crippen molar-refractivity contribution < 1.29 is 9.53 Å². The maximum Gasteiger partial charge on any atom is 0.169 e. The Hall–Kier alpha value is -2.07. The largest absolute Gasteiger partial charge is 0.497 e. The van der Waals surface area contributed by atoms with E-state index in [1.165, 1.54) is 0 Å². The molecule has 0 saturated carbocycles. The summed E-state index contributed by atoms with van der Waals surface area (Å²) >= 11 is 3.51. The molecule has 0 aliphatic rings. The highest BCUT2D eigenvalue weighted by Gasteiger charge is 2.14. The van der Waals surface area contributed by atoms with Gasteiger partial charge in [0, 0.05) is 33.6 Å². The van der Waals surface area contributed by atoms with Gasteiger partial charge in [-0.2, -0.15) is 0 Å². The second-order valence-electron chi connectivity index (χ2n) is 4.82. The Bertz CT molecular complexity index is 807. The van der Waals surface area contributed by atoms with Crippen molar-refractivity contribution in [1.29, 1.82) is 0 Å². The summed E-state index contributed by atoms with van der Waals surface area (Å²) in [6.07, 6.45) is 2.13. The van der Waals surface area contributed by atoms with Crippen LogP contribution in [0.25, 0.3) is 10.9 Å². The van der Waals surface area contributed by atoms with E-state index in [1.807, 2.05) is 42.5 Å². The van der Waals surface area contributed by atoms with Gasteiger partial charge in [0.15, 0.2) is 5.78 Å². The van der Waals surface area contributed by atoms with Crippen molar-refractivity contribution in [3.05, 3.63) is 64.3 Å². The van der Waals surface area contributed by atoms with E-state index in [0.717, 1.165) is 26.7 Å². The van der Waals surface area contributed by atoms with Crippen LogP contribution in [0.5, 0.6) is 5.75 Å². The van der Waals surface area contributed by atoms with Crippen LogP contribution in [0.4, 0.5) is 0 Å². The molecule has 0 bridgehead atoms. The Morgan fingerprint density at radius 2 is 2.05 bits per heavy atom. The fraction of sp³-hybridized carbons (Fsp3) is 0.118. The molecule has 1 N–H and O–H groups in total. The number of carbonyl (C=O) groups is 1. The number of benzene rings is 2. The number of methoxy groups -OCH3 is 1. The molecule has 0 aliphatic carbocycles. The second kappa shape index (κ2) is 5.74. The maximum absolute atomic E-state index is 12.6.